The fraction of sp³-hybridized carbons (Fsp3) is 0.0833. The summed E-state index contributed by atoms with van der Waals surface area (Å²) in [5.41, 5.74) is 8.99. The lowest BCUT2D eigenvalue weighted by Crippen LogP contribution is -2.11. The van der Waals surface area contributed by atoms with Crippen molar-refractivity contribution < 1.29 is 0 Å². The Kier molecular flexibility index (Phi) is 3.30. The van der Waals surface area contributed by atoms with Crippen LogP contribution in [0.15, 0.2) is 36.8 Å². The van der Waals surface area contributed by atoms with Crippen molar-refractivity contribution >= 4 is 28.6 Å². The van der Waals surface area contributed by atoms with Gasteiger partial charge in [0.25, 0.3) is 0 Å². The lowest BCUT2D eigenvalue weighted by Gasteiger charge is -2.06. The molecule has 0 aliphatic rings. The van der Waals surface area contributed by atoms with Gasteiger partial charge < -0.3 is 11.1 Å². The third-order valence-electron chi connectivity index (χ3n) is 2.18. The second-order valence-corrected chi connectivity index (χ2v) is 4.11. The van der Waals surface area contributed by atoms with Crippen LogP contribution in [0.4, 0.5) is 11.4 Å². The van der Waals surface area contributed by atoms with E-state index in [4.69, 9.17) is 18.0 Å². The average molecular weight is 244 g/mol. The Morgan fingerprint density at radius 3 is 2.65 bits per heavy atom. The molecule has 0 radical (unpaired) electrons. The summed E-state index contributed by atoms with van der Waals surface area (Å²) in [5, 5.41) is 3.20. The summed E-state index contributed by atoms with van der Waals surface area (Å²) in [6.07, 6.45) is 5.25. The third kappa shape index (κ3) is 2.98. The number of aryl methyl sites for hydroxylation is 1. The molecule has 0 bridgehead atoms. The van der Waals surface area contributed by atoms with E-state index >= 15 is 0 Å². The number of nitrogens with zero attached hydrogens (tertiary/aromatic N) is 2. The second-order valence-electron chi connectivity index (χ2n) is 3.67. The minimum Gasteiger partial charge on any atom is -0.388 e. The maximum Gasteiger partial charge on any atom is 0.122 e. The van der Waals surface area contributed by atoms with E-state index < -0.39 is 0 Å². The molecular weight excluding hydrogens is 232 g/mol. The van der Waals surface area contributed by atoms with Crippen molar-refractivity contribution in [3.05, 3.63) is 48.0 Å². The molecule has 0 aliphatic carbocycles. The maximum atomic E-state index is 5.47. The molecule has 0 atom stereocenters. The van der Waals surface area contributed by atoms with Gasteiger partial charge in [0.2, 0.25) is 0 Å². The van der Waals surface area contributed by atoms with Gasteiger partial charge in [0, 0.05) is 6.20 Å². The summed E-state index contributed by atoms with van der Waals surface area (Å²) in [5.74, 6) is 0. The number of nitrogens with one attached hydrogen (secondary N) is 1. The molecule has 2 heterocycles. The molecule has 0 aliphatic heterocycles. The number of hydrogen-bond acceptors (Lipinski definition) is 4. The predicted molar refractivity (Wildman–Crippen MR) is 72.4 cm³/mol. The van der Waals surface area contributed by atoms with Gasteiger partial charge in [-0.05, 0) is 30.7 Å². The first kappa shape index (κ1) is 11.5. The highest BCUT2D eigenvalue weighted by atomic mass is 32.1. The zero-order valence-corrected chi connectivity index (χ0v) is 10.2. The van der Waals surface area contributed by atoms with Crippen LogP contribution in [0.1, 0.15) is 11.3 Å². The highest BCUT2D eigenvalue weighted by molar-refractivity contribution is 7.80. The van der Waals surface area contributed by atoms with E-state index in [1.54, 1.807) is 24.7 Å². The quantitative estimate of drug-likeness (QED) is 0.810. The van der Waals surface area contributed by atoms with Crippen LogP contribution in [0.5, 0.6) is 0 Å². The molecule has 0 spiro atoms. The fourth-order valence-electron chi connectivity index (χ4n) is 1.40. The van der Waals surface area contributed by atoms with Gasteiger partial charge >= 0.3 is 0 Å². The smallest absolute Gasteiger partial charge is 0.122 e. The van der Waals surface area contributed by atoms with Crippen LogP contribution in [0.2, 0.25) is 0 Å². The molecule has 2 aromatic rings. The topological polar surface area (TPSA) is 63.8 Å². The van der Waals surface area contributed by atoms with Crippen molar-refractivity contribution in [2.45, 2.75) is 6.92 Å². The zero-order chi connectivity index (χ0) is 12.3. The fourth-order valence-corrected chi connectivity index (χ4v) is 1.52. The number of pyridine rings is 2. The highest BCUT2D eigenvalue weighted by Crippen LogP contribution is 2.15. The van der Waals surface area contributed by atoms with Crippen molar-refractivity contribution in [1.82, 2.24) is 9.97 Å². The summed E-state index contributed by atoms with van der Waals surface area (Å²) in [6.45, 7) is 1.99. The minimum atomic E-state index is 0.300. The zero-order valence-electron chi connectivity index (χ0n) is 9.34. The summed E-state index contributed by atoms with van der Waals surface area (Å²) >= 11 is 4.84. The van der Waals surface area contributed by atoms with E-state index in [-0.39, 0.29) is 0 Å². The lowest BCUT2D eigenvalue weighted by atomic mass is 10.3. The average Bonchev–Trinajstić information content (AvgIpc) is 2.29. The molecule has 4 nitrogen and oxygen atoms in total. The Balaban J connectivity index is 2.16. The van der Waals surface area contributed by atoms with Gasteiger partial charge in [-0.25, -0.2) is 0 Å². The van der Waals surface area contributed by atoms with E-state index in [0.29, 0.717) is 10.7 Å². The monoisotopic (exact) mass is 244 g/mol. The molecule has 0 saturated heterocycles. The SMILES string of the molecule is Cc1cncc(Nc2ccc(C(N)=S)nc2)c1. The summed E-state index contributed by atoms with van der Waals surface area (Å²) in [7, 11) is 0. The van der Waals surface area contributed by atoms with Gasteiger partial charge in [-0.15, -0.1) is 0 Å². The van der Waals surface area contributed by atoms with Gasteiger partial charge in [-0.1, -0.05) is 12.2 Å². The van der Waals surface area contributed by atoms with Gasteiger partial charge in [0.05, 0.1) is 29.5 Å². The van der Waals surface area contributed by atoms with E-state index in [1.165, 1.54) is 0 Å². The number of nitrogens with two attached hydrogens (primary N) is 1. The number of hydrogen-bond donors (Lipinski definition) is 2. The number of aromatic nitrogens is 2. The number of rotatable bonds is 3. The molecule has 0 unspecified atom stereocenters. The lowest BCUT2D eigenvalue weighted by molar-refractivity contribution is 1.25. The van der Waals surface area contributed by atoms with Crippen molar-refractivity contribution in [3.63, 3.8) is 0 Å². The van der Waals surface area contributed by atoms with E-state index in [1.807, 2.05) is 19.1 Å². The first-order chi connectivity index (χ1) is 8.15. The Morgan fingerprint density at radius 2 is 2.06 bits per heavy atom. The van der Waals surface area contributed by atoms with Gasteiger partial charge in [0.1, 0.15) is 4.99 Å². The normalized spacial score (nSPS) is 9.94. The second kappa shape index (κ2) is 4.88. The van der Waals surface area contributed by atoms with Crippen molar-refractivity contribution in [1.29, 1.82) is 0 Å². The molecule has 17 heavy (non-hydrogen) atoms. The van der Waals surface area contributed by atoms with Crippen molar-refractivity contribution in [3.8, 4) is 0 Å². The van der Waals surface area contributed by atoms with E-state index in [0.717, 1.165) is 16.9 Å². The van der Waals surface area contributed by atoms with E-state index in [9.17, 15) is 0 Å². The maximum absolute atomic E-state index is 5.47. The first-order valence-corrected chi connectivity index (χ1v) is 5.50. The number of thiocarbonyl (C=S) groups is 1. The largest absolute Gasteiger partial charge is 0.388 e. The summed E-state index contributed by atoms with van der Waals surface area (Å²) in [6, 6.07) is 5.67. The number of anilines is 2. The molecule has 86 valence electrons. The summed E-state index contributed by atoms with van der Waals surface area (Å²) < 4.78 is 0. The Hall–Kier alpha value is -2.01. The molecular formula is C12H12N4S. The molecule has 2 rings (SSSR count). The first-order valence-electron chi connectivity index (χ1n) is 5.10. The van der Waals surface area contributed by atoms with Gasteiger partial charge in [0.15, 0.2) is 0 Å². The van der Waals surface area contributed by atoms with Crippen LogP contribution in [0.3, 0.4) is 0 Å². The molecule has 3 N–H and O–H groups in total. The van der Waals surface area contributed by atoms with Gasteiger partial charge in [-0.2, -0.15) is 0 Å². The highest BCUT2D eigenvalue weighted by Gasteiger charge is 1.99. The Morgan fingerprint density at radius 1 is 1.24 bits per heavy atom. The Labute approximate surface area is 105 Å². The minimum absolute atomic E-state index is 0.300. The molecule has 0 fully saturated rings. The van der Waals surface area contributed by atoms with Crippen LogP contribution in [-0.2, 0) is 0 Å². The molecule has 0 saturated carbocycles. The van der Waals surface area contributed by atoms with Crippen LogP contribution in [-0.4, -0.2) is 15.0 Å². The standard InChI is InChI=1S/C12H12N4S/c1-8-4-10(6-14-5-8)16-9-2-3-11(12(13)17)15-7-9/h2-7,16H,1H3,(H2,13,17). The third-order valence-corrected chi connectivity index (χ3v) is 2.39. The van der Waals surface area contributed by atoms with Crippen LogP contribution in [0, 0.1) is 6.92 Å². The molecule has 2 aromatic heterocycles. The molecule has 0 aromatic carbocycles. The van der Waals surface area contributed by atoms with Crippen LogP contribution >= 0.6 is 12.2 Å². The predicted octanol–water partition coefficient (Wildman–Crippen LogP) is 2.16. The Bertz CT molecular complexity index is 536. The van der Waals surface area contributed by atoms with Crippen LogP contribution in [0.25, 0.3) is 0 Å². The van der Waals surface area contributed by atoms with Crippen molar-refractivity contribution in [2.75, 3.05) is 5.32 Å². The molecule has 0 amide bonds. The molecule has 5 heteroatoms. The van der Waals surface area contributed by atoms with E-state index in [2.05, 4.69) is 15.3 Å². The van der Waals surface area contributed by atoms with Crippen LogP contribution < -0.4 is 11.1 Å². The summed E-state index contributed by atoms with van der Waals surface area (Å²) in [4.78, 5) is 8.55. The van der Waals surface area contributed by atoms with Crippen molar-refractivity contribution in [2.24, 2.45) is 5.73 Å². The van der Waals surface area contributed by atoms with Gasteiger partial charge in [-0.3, -0.25) is 9.97 Å².